The molecule has 4 heteroatoms. The van der Waals surface area contributed by atoms with E-state index in [-0.39, 0.29) is 5.28 Å². The molecule has 2 nitrogen and oxygen atoms in total. The van der Waals surface area contributed by atoms with Gasteiger partial charge in [0.1, 0.15) is 4.83 Å². The quantitative estimate of drug-likeness (QED) is 0.185. The van der Waals surface area contributed by atoms with Crippen LogP contribution in [0.25, 0.3) is 64.2 Å². The summed E-state index contributed by atoms with van der Waals surface area (Å²) < 4.78 is 1.19. The second-order valence-electron chi connectivity index (χ2n) is 8.39. The van der Waals surface area contributed by atoms with Gasteiger partial charge in [0, 0.05) is 21.0 Å². The van der Waals surface area contributed by atoms with Crippen molar-refractivity contribution in [1.82, 2.24) is 9.97 Å². The number of nitrogens with zero attached hydrogens (tertiary/aromatic N) is 2. The third-order valence-electron chi connectivity index (χ3n) is 6.43. The zero-order valence-electron chi connectivity index (χ0n) is 18.0. The smallest absolute Gasteiger partial charge is 0.217 e. The summed E-state index contributed by atoms with van der Waals surface area (Å²) in [5, 5.41) is 7.50. The molecule has 7 aromatic rings. The van der Waals surface area contributed by atoms with Crippen LogP contribution in [0.3, 0.4) is 0 Å². The number of rotatable bonds is 2. The van der Waals surface area contributed by atoms with Crippen LogP contribution in [0.5, 0.6) is 0 Å². The van der Waals surface area contributed by atoms with E-state index in [0.29, 0.717) is 0 Å². The molecule has 0 bridgehead atoms. The minimum Gasteiger partial charge on any atom is -0.217 e. The van der Waals surface area contributed by atoms with Crippen LogP contribution in [0, 0.1) is 0 Å². The average molecular weight is 473 g/mol. The topological polar surface area (TPSA) is 25.8 Å². The Bertz CT molecular complexity index is 1890. The minimum atomic E-state index is 0.274. The van der Waals surface area contributed by atoms with Gasteiger partial charge in [0.25, 0.3) is 0 Å². The van der Waals surface area contributed by atoms with E-state index in [1.165, 1.54) is 31.8 Å². The molecule has 0 radical (unpaired) electrons. The number of fused-ring (bicyclic) bond motifs is 6. The van der Waals surface area contributed by atoms with Gasteiger partial charge in [-0.3, -0.25) is 0 Å². The van der Waals surface area contributed by atoms with Gasteiger partial charge in [-0.1, -0.05) is 84.9 Å². The van der Waals surface area contributed by atoms with Gasteiger partial charge in [0.15, 0.2) is 0 Å². The number of thiophene rings is 1. The van der Waals surface area contributed by atoms with E-state index in [1.807, 2.05) is 0 Å². The first-order valence-corrected chi connectivity index (χ1v) is 12.3. The summed E-state index contributed by atoms with van der Waals surface area (Å²) in [5.74, 6) is 0. The summed E-state index contributed by atoms with van der Waals surface area (Å²) in [6, 6.07) is 36.5. The standard InChI is InChI=1S/C30H17ClN2S/c31-30-32-28(27-24-14-5-6-15-26(24)34-29(27)33-30)20-10-7-9-18(16-20)25-17-19-8-1-2-11-21(19)22-12-3-4-13-23(22)25/h1-17H. The highest BCUT2D eigenvalue weighted by Gasteiger charge is 2.16. The third kappa shape index (κ3) is 3.02. The predicted octanol–water partition coefficient (Wildman–Crippen LogP) is 9.14. The summed E-state index contributed by atoms with van der Waals surface area (Å²) in [7, 11) is 0. The van der Waals surface area contributed by atoms with Gasteiger partial charge < -0.3 is 0 Å². The summed E-state index contributed by atoms with van der Waals surface area (Å²) in [6.07, 6.45) is 0. The first kappa shape index (κ1) is 19.7. The van der Waals surface area contributed by atoms with E-state index in [4.69, 9.17) is 16.6 Å². The molecule has 2 aromatic heterocycles. The molecule has 0 saturated carbocycles. The van der Waals surface area contributed by atoms with Crippen molar-refractivity contribution >= 4 is 64.8 Å². The van der Waals surface area contributed by atoms with E-state index in [2.05, 4.69) is 108 Å². The zero-order chi connectivity index (χ0) is 22.6. The molecule has 2 heterocycles. The second-order valence-corrected chi connectivity index (χ2v) is 9.76. The molecular weight excluding hydrogens is 456 g/mol. The number of halogens is 1. The molecule has 7 rings (SSSR count). The van der Waals surface area contributed by atoms with Crippen molar-refractivity contribution in [2.45, 2.75) is 0 Å². The fourth-order valence-electron chi connectivity index (χ4n) is 4.93. The van der Waals surface area contributed by atoms with Gasteiger partial charge in [-0.2, -0.15) is 0 Å². The molecule has 0 aliphatic carbocycles. The van der Waals surface area contributed by atoms with Crippen LogP contribution in [0.1, 0.15) is 0 Å². The molecule has 0 atom stereocenters. The van der Waals surface area contributed by atoms with Crippen molar-refractivity contribution in [2.75, 3.05) is 0 Å². The molecule has 0 aliphatic rings. The van der Waals surface area contributed by atoms with E-state index in [1.54, 1.807) is 11.3 Å². The van der Waals surface area contributed by atoms with Gasteiger partial charge in [-0.25, -0.2) is 9.97 Å². The summed E-state index contributed by atoms with van der Waals surface area (Å²) in [6.45, 7) is 0. The molecular formula is C30H17ClN2S. The molecule has 160 valence electrons. The monoisotopic (exact) mass is 472 g/mol. The Kier molecular flexibility index (Phi) is 4.41. The predicted molar refractivity (Wildman–Crippen MR) is 146 cm³/mol. The molecule has 5 aromatic carbocycles. The normalized spacial score (nSPS) is 11.7. The number of benzene rings is 5. The minimum absolute atomic E-state index is 0.274. The van der Waals surface area contributed by atoms with Crippen molar-refractivity contribution in [2.24, 2.45) is 0 Å². The first-order valence-electron chi connectivity index (χ1n) is 11.1. The van der Waals surface area contributed by atoms with Crippen LogP contribution < -0.4 is 0 Å². The number of hydrogen-bond donors (Lipinski definition) is 0. The van der Waals surface area contributed by atoms with E-state index in [0.717, 1.165) is 32.4 Å². The van der Waals surface area contributed by atoms with E-state index >= 15 is 0 Å². The van der Waals surface area contributed by atoms with Gasteiger partial charge in [0.05, 0.1) is 5.69 Å². The number of aromatic nitrogens is 2. The molecule has 0 saturated heterocycles. The maximum Gasteiger partial charge on any atom is 0.224 e. The Labute approximate surface area is 205 Å². The van der Waals surface area contributed by atoms with E-state index < -0.39 is 0 Å². The van der Waals surface area contributed by atoms with Crippen LogP contribution in [0.4, 0.5) is 0 Å². The van der Waals surface area contributed by atoms with Crippen LogP contribution in [0.2, 0.25) is 5.28 Å². The summed E-state index contributed by atoms with van der Waals surface area (Å²) in [5.41, 5.74) is 4.27. The van der Waals surface area contributed by atoms with Gasteiger partial charge in [0.2, 0.25) is 5.28 Å². The SMILES string of the molecule is Clc1nc(-c2cccc(-c3cc4ccccc4c4ccccc34)c2)c2c(n1)sc1ccccc12. The maximum absolute atomic E-state index is 6.39. The molecule has 0 fully saturated rings. The third-order valence-corrected chi connectivity index (χ3v) is 7.66. The summed E-state index contributed by atoms with van der Waals surface area (Å²) in [4.78, 5) is 10.1. The van der Waals surface area contributed by atoms with Crippen LogP contribution in [0.15, 0.2) is 103 Å². The second kappa shape index (κ2) is 7.63. The van der Waals surface area contributed by atoms with Crippen molar-refractivity contribution in [3.63, 3.8) is 0 Å². The fraction of sp³-hybridized carbons (Fsp3) is 0. The van der Waals surface area contributed by atoms with Crippen LogP contribution >= 0.6 is 22.9 Å². The molecule has 0 spiro atoms. The number of hydrogen-bond acceptors (Lipinski definition) is 3. The Morgan fingerprint density at radius 2 is 1.29 bits per heavy atom. The van der Waals surface area contributed by atoms with Gasteiger partial charge >= 0.3 is 0 Å². The molecule has 0 N–H and O–H groups in total. The fourth-order valence-corrected chi connectivity index (χ4v) is 6.23. The van der Waals surface area contributed by atoms with Crippen molar-refractivity contribution in [1.29, 1.82) is 0 Å². The Morgan fingerprint density at radius 1 is 0.588 bits per heavy atom. The Hall–Kier alpha value is -3.79. The highest BCUT2D eigenvalue weighted by molar-refractivity contribution is 7.25. The average Bonchev–Trinajstić information content (AvgIpc) is 3.26. The first-order chi connectivity index (χ1) is 16.8. The highest BCUT2D eigenvalue weighted by Crippen LogP contribution is 2.40. The molecule has 0 unspecified atom stereocenters. The lowest BCUT2D eigenvalue weighted by atomic mass is 9.92. The van der Waals surface area contributed by atoms with Crippen molar-refractivity contribution < 1.29 is 0 Å². The molecule has 0 aliphatic heterocycles. The van der Waals surface area contributed by atoms with E-state index in [9.17, 15) is 0 Å². The lowest BCUT2D eigenvalue weighted by Crippen LogP contribution is -1.90. The Morgan fingerprint density at radius 3 is 2.18 bits per heavy atom. The largest absolute Gasteiger partial charge is 0.224 e. The zero-order valence-corrected chi connectivity index (χ0v) is 19.6. The maximum atomic E-state index is 6.39. The van der Waals surface area contributed by atoms with Crippen molar-refractivity contribution in [3.8, 4) is 22.4 Å². The van der Waals surface area contributed by atoms with Crippen LogP contribution in [-0.4, -0.2) is 9.97 Å². The molecule has 34 heavy (non-hydrogen) atoms. The summed E-state index contributed by atoms with van der Waals surface area (Å²) >= 11 is 8.04. The van der Waals surface area contributed by atoms with Gasteiger partial charge in [-0.05, 0) is 62.5 Å². The highest BCUT2D eigenvalue weighted by atomic mass is 35.5. The lowest BCUT2D eigenvalue weighted by Gasteiger charge is -2.12. The Balaban J connectivity index is 1.51. The molecule has 0 amide bonds. The van der Waals surface area contributed by atoms with Gasteiger partial charge in [-0.15, -0.1) is 11.3 Å². The van der Waals surface area contributed by atoms with Crippen molar-refractivity contribution in [3.05, 3.63) is 108 Å². The van der Waals surface area contributed by atoms with Crippen LogP contribution in [-0.2, 0) is 0 Å². The lowest BCUT2D eigenvalue weighted by molar-refractivity contribution is 1.24.